The number of nitrogens with zero attached hydrogens (tertiary/aromatic N) is 4. The maximum atomic E-state index is 13.3. The van der Waals surface area contributed by atoms with Gasteiger partial charge in [0.25, 0.3) is 5.91 Å². The molecule has 0 aliphatic carbocycles. The van der Waals surface area contributed by atoms with Crippen molar-refractivity contribution in [2.45, 2.75) is 20.8 Å². The molecule has 0 aliphatic rings. The van der Waals surface area contributed by atoms with Crippen molar-refractivity contribution in [3.63, 3.8) is 0 Å². The number of hydrogen-bond acceptors (Lipinski definition) is 4. The molecular weight excluding hydrogens is 333 g/mol. The van der Waals surface area contributed by atoms with Crippen molar-refractivity contribution in [2.75, 3.05) is 20.1 Å². The van der Waals surface area contributed by atoms with Crippen molar-refractivity contribution < 1.29 is 9.18 Å². The summed E-state index contributed by atoms with van der Waals surface area (Å²) in [6.07, 6.45) is 0. The molecule has 2 rings (SSSR count). The Kier molecular flexibility index (Phi) is 5.25. The second-order valence-corrected chi connectivity index (χ2v) is 6.97. The Balaban J connectivity index is 2.29. The highest BCUT2D eigenvalue weighted by molar-refractivity contribution is 6.30. The lowest BCUT2D eigenvalue weighted by molar-refractivity contribution is 0.0734. The molecule has 2 aromatic rings. The first-order valence-electron chi connectivity index (χ1n) is 7.49. The molecule has 0 saturated carbocycles. The summed E-state index contributed by atoms with van der Waals surface area (Å²) in [5.74, 6) is -0.758. The van der Waals surface area contributed by atoms with Gasteiger partial charge in [-0.1, -0.05) is 30.7 Å². The predicted octanol–water partition coefficient (Wildman–Crippen LogP) is 2.43. The first-order valence-corrected chi connectivity index (χ1v) is 7.87. The van der Waals surface area contributed by atoms with Crippen molar-refractivity contribution in [1.82, 2.24) is 19.9 Å². The van der Waals surface area contributed by atoms with E-state index in [1.54, 1.807) is 18.9 Å². The third-order valence-corrected chi connectivity index (χ3v) is 4.10. The predicted molar refractivity (Wildman–Crippen MR) is 90.9 cm³/mol. The summed E-state index contributed by atoms with van der Waals surface area (Å²) in [4.78, 5) is 14.2. The Labute approximate surface area is 145 Å². The van der Waals surface area contributed by atoms with E-state index in [1.165, 1.54) is 22.9 Å². The SMILES string of the molecule is Cc1c(C(=O)N(C)CC(C)(C)CN)nnn1-c1ccc(F)c(Cl)c1. The summed E-state index contributed by atoms with van der Waals surface area (Å²) in [5.41, 5.74) is 6.86. The molecule has 0 atom stereocenters. The molecule has 0 radical (unpaired) electrons. The van der Waals surface area contributed by atoms with E-state index >= 15 is 0 Å². The van der Waals surface area contributed by atoms with Gasteiger partial charge in [-0.15, -0.1) is 5.10 Å². The molecule has 0 saturated heterocycles. The molecule has 0 aliphatic heterocycles. The van der Waals surface area contributed by atoms with E-state index in [4.69, 9.17) is 17.3 Å². The zero-order valence-corrected chi connectivity index (χ0v) is 14.9. The average molecular weight is 354 g/mol. The van der Waals surface area contributed by atoms with Crippen molar-refractivity contribution in [3.8, 4) is 5.69 Å². The highest BCUT2D eigenvalue weighted by atomic mass is 35.5. The third-order valence-electron chi connectivity index (χ3n) is 3.81. The van der Waals surface area contributed by atoms with Crippen LogP contribution in [-0.2, 0) is 0 Å². The topological polar surface area (TPSA) is 77.0 Å². The fraction of sp³-hybridized carbons (Fsp3) is 0.438. The lowest BCUT2D eigenvalue weighted by Gasteiger charge is -2.28. The third kappa shape index (κ3) is 3.73. The Bertz CT molecular complexity index is 759. The van der Waals surface area contributed by atoms with Gasteiger partial charge in [0.05, 0.1) is 16.4 Å². The van der Waals surface area contributed by atoms with Gasteiger partial charge in [-0.25, -0.2) is 9.07 Å². The number of amides is 1. The molecule has 1 amide bonds. The van der Waals surface area contributed by atoms with Gasteiger partial charge >= 0.3 is 0 Å². The largest absolute Gasteiger partial charge is 0.340 e. The minimum atomic E-state index is -0.516. The van der Waals surface area contributed by atoms with Gasteiger partial charge < -0.3 is 10.6 Å². The normalized spacial score (nSPS) is 11.6. The Morgan fingerprint density at radius 2 is 2.12 bits per heavy atom. The molecule has 2 N–H and O–H groups in total. The van der Waals surface area contributed by atoms with Gasteiger partial charge in [-0.05, 0) is 37.1 Å². The van der Waals surface area contributed by atoms with E-state index in [0.29, 0.717) is 24.5 Å². The Morgan fingerprint density at radius 1 is 1.46 bits per heavy atom. The van der Waals surface area contributed by atoms with Crippen LogP contribution in [0.25, 0.3) is 5.69 Å². The van der Waals surface area contributed by atoms with Crippen molar-refractivity contribution in [1.29, 1.82) is 0 Å². The number of carbonyl (C=O) groups excluding carboxylic acids is 1. The van der Waals surface area contributed by atoms with Gasteiger partial charge in [0.1, 0.15) is 5.82 Å². The van der Waals surface area contributed by atoms with Crippen molar-refractivity contribution in [2.24, 2.45) is 11.1 Å². The minimum absolute atomic E-state index is 0.0166. The quantitative estimate of drug-likeness (QED) is 0.895. The molecule has 1 aromatic carbocycles. The lowest BCUT2D eigenvalue weighted by atomic mass is 9.93. The molecule has 0 spiro atoms. The van der Waals surface area contributed by atoms with Crippen LogP contribution in [0.4, 0.5) is 4.39 Å². The number of rotatable bonds is 5. The molecule has 0 bridgehead atoms. The number of nitrogens with two attached hydrogens (primary N) is 1. The van der Waals surface area contributed by atoms with Crippen LogP contribution in [0.3, 0.4) is 0 Å². The summed E-state index contributed by atoms with van der Waals surface area (Å²) in [5, 5.41) is 7.95. The van der Waals surface area contributed by atoms with Crippen LogP contribution in [0, 0.1) is 18.2 Å². The molecule has 0 unspecified atom stereocenters. The second kappa shape index (κ2) is 6.86. The second-order valence-electron chi connectivity index (χ2n) is 6.56. The van der Waals surface area contributed by atoms with E-state index in [0.717, 1.165) is 0 Å². The van der Waals surface area contributed by atoms with Gasteiger partial charge in [0, 0.05) is 13.6 Å². The lowest BCUT2D eigenvalue weighted by Crippen LogP contribution is -2.40. The smallest absolute Gasteiger partial charge is 0.276 e. The summed E-state index contributed by atoms with van der Waals surface area (Å²) in [7, 11) is 1.70. The molecule has 24 heavy (non-hydrogen) atoms. The fourth-order valence-corrected chi connectivity index (χ4v) is 2.52. The van der Waals surface area contributed by atoms with Crippen molar-refractivity contribution >= 4 is 17.5 Å². The minimum Gasteiger partial charge on any atom is -0.340 e. The Hall–Kier alpha value is -1.99. The maximum absolute atomic E-state index is 13.3. The van der Waals surface area contributed by atoms with Gasteiger partial charge in [0.2, 0.25) is 0 Å². The number of benzene rings is 1. The average Bonchev–Trinajstić information content (AvgIpc) is 2.90. The van der Waals surface area contributed by atoms with E-state index in [9.17, 15) is 9.18 Å². The van der Waals surface area contributed by atoms with Crippen LogP contribution in [-0.4, -0.2) is 45.9 Å². The van der Waals surface area contributed by atoms with Gasteiger partial charge in [-0.2, -0.15) is 0 Å². The van der Waals surface area contributed by atoms with Crippen LogP contribution >= 0.6 is 11.6 Å². The molecule has 1 heterocycles. The van der Waals surface area contributed by atoms with Crippen LogP contribution in [0.1, 0.15) is 30.0 Å². The molecule has 0 fully saturated rings. The summed E-state index contributed by atoms with van der Waals surface area (Å²) in [6.45, 7) is 6.66. The maximum Gasteiger partial charge on any atom is 0.276 e. The molecule has 130 valence electrons. The molecule has 6 nitrogen and oxygen atoms in total. The zero-order valence-electron chi connectivity index (χ0n) is 14.2. The molecular formula is C16H21ClFN5O. The first kappa shape index (κ1) is 18.4. The van der Waals surface area contributed by atoms with E-state index in [-0.39, 0.29) is 22.0 Å². The fourth-order valence-electron chi connectivity index (χ4n) is 2.35. The number of halogens is 2. The van der Waals surface area contributed by atoms with E-state index in [2.05, 4.69) is 10.3 Å². The number of carbonyl (C=O) groups is 1. The summed E-state index contributed by atoms with van der Waals surface area (Å²) in [6, 6.07) is 4.21. The van der Waals surface area contributed by atoms with Crippen molar-refractivity contribution in [3.05, 3.63) is 40.4 Å². The zero-order chi connectivity index (χ0) is 18.1. The standard InChI is InChI=1S/C16H21ClFN5O/c1-10-14(15(24)22(4)9-16(2,3)8-19)20-21-23(10)11-5-6-13(18)12(17)7-11/h5-7H,8-9,19H2,1-4H3. The summed E-state index contributed by atoms with van der Waals surface area (Å²) < 4.78 is 14.8. The molecule has 1 aromatic heterocycles. The Morgan fingerprint density at radius 3 is 2.71 bits per heavy atom. The van der Waals surface area contributed by atoms with Crippen LogP contribution in [0.5, 0.6) is 0 Å². The highest BCUT2D eigenvalue weighted by Gasteiger charge is 2.25. The highest BCUT2D eigenvalue weighted by Crippen LogP contribution is 2.21. The van der Waals surface area contributed by atoms with Crippen LogP contribution < -0.4 is 5.73 Å². The van der Waals surface area contributed by atoms with E-state index in [1.807, 2.05) is 13.8 Å². The number of aromatic nitrogens is 3. The van der Waals surface area contributed by atoms with Gasteiger partial charge in [-0.3, -0.25) is 4.79 Å². The molecule has 8 heteroatoms. The first-order chi connectivity index (χ1) is 11.2. The monoisotopic (exact) mass is 353 g/mol. The summed E-state index contributed by atoms with van der Waals surface area (Å²) >= 11 is 5.80. The van der Waals surface area contributed by atoms with E-state index < -0.39 is 5.82 Å². The van der Waals surface area contributed by atoms with Crippen LogP contribution in [0.2, 0.25) is 5.02 Å². The van der Waals surface area contributed by atoms with Crippen LogP contribution in [0.15, 0.2) is 18.2 Å². The number of hydrogen-bond donors (Lipinski definition) is 1. The van der Waals surface area contributed by atoms with Gasteiger partial charge in [0.15, 0.2) is 5.69 Å².